The van der Waals surface area contributed by atoms with E-state index < -0.39 is 23.9 Å². The third-order valence-electron chi connectivity index (χ3n) is 5.70. The van der Waals surface area contributed by atoms with Gasteiger partial charge in [-0.15, -0.1) is 0 Å². The quantitative estimate of drug-likeness (QED) is 0.770. The number of nitrogens with one attached hydrogen (secondary N) is 1. The molecule has 2 heterocycles. The van der Waals surface area contributed by atoms with Crippen molar-refractivity contribution in [2.45, 2.75) is 33.2 Å². The van der Waals surface area contributed by atoms with Crippen molar-refractivity contribution < 1.29 is 19.2 Å². The molecule has 5 amide bonds. The highest BCUT2D eigenvalue weighted by atomic mass is 16.2. The molecule has 160 valence electrons. The Balaban J connectivity index is 1.45. The largest absolute Gasteiger partial charge is 0.332 e. The van der Waals surface area contributed by atoms with Crippen molar-refractivity contribution in [2.24, 2.45) is 0 Å². The van der Waals surface area contributed by atoms with Crippen LogP contribution in [0, 0.1) is 6.92 Å². The first-order chi connectivity index (χ1) is 14.8. The van der Waals surface area contributed by atoms with Crippen molar-refractivity contribution in [3.05, 3.63) is 53.6 Å². The number of carbonyl (C=O) groups excluding carboxylic acids is 4. The molecular formula is C23H24N4O4. The number of benzene rings is 2. The molecule has 1 saturated heterocycles. The van der Waals surface area contributed by atoms with Gasteiger partial charge in [-0.05, 0) is 56.2 Å². The van der Waals surface area contributed by atoms with Crippen LogP contribution in [0.5, 0.6) is 0 Å². The standard InChI is InChI=1S/C23H24N4O4/c1-14-4-7-19(8-5-14)27-15(2)22(30)26(23(27)31)13-21(29)24-18-6-9-20-17(12-18)10-11-25(20)16(3)28/h4-9,12,15H,10-11,13H2,1-3H3,(H,24,29)/t15-/m0/s1. The smallest absolute Gasteiger partial charge is 0.325 e. The Bertz CT molecular complexity index is 1080. The van der Waals surface area contributed by atoms with Crippen LogP contribution in [0.2, 0.25) is 0 Å². The summed E-state index contributed by atoms with van der Waals surface area (Å²) in [5.41, 5.74) is 4.05. The highest BCUT2D eigenvalue weighted by Crippen LogP contribution is 2.31. The Labute approximate surface area is 180 Å². The van der Waals surface area contributed by atoms with Gasteiger partial charge in [0.1, 0.15) is 12.6 Å². The molecule has 1 N–H and O–H groups in total. The van der Waals surface area contributed by atoms with Gasteiger partial charge in [-0.3, -0.25) is 24.2 Å². The van der Waals surface area contributed by atoms with E-state index >= 15 is 0 Å². The minimum Gasteiger partial charge on any atom is -0.325 e. The normalized spacial score (nSPS) is 17.9. The lowest BCUT2D eigenvalue weighted by molar-refractivity contribution is -0.130. The number of anilines is 3. The monoisotopic (exact) mass is 420 g/mol. The van der Waals surface area contributed by atoms with Crippen molar-refractivity contribution in [1.29, 1.82) is 0 Å². The Morgan fingerprint density at radius 1 is 1.10 bits per heavy atom. The number of urea groups is 1. The Hall–Kier alpha value is -3.68. The third-order valence-corrected chi connectivity index (χ3v) is 5.70. The van der Waals surface area contributed by atoms with Crippen LogP contribution >= 0.6 is 0 Å². The third kappa shape index (κ3) is 3.76. The van der Waals surface area contributed by atoms with Gasteiger partial charge < -0.3 is 10.2 Å². The lowest BCUT2D eigenvalue weighted by Crippen LogP contribution is -2.39. The summed E-state index contributed by atoms with van der Waals surface area (Å²) in [4.78, 5) is 53.9. The van der Waals surface area contributed by atoms with E-state index in [4.69, 9.17) is 0 Å². The molecule has 0 radical (unpaired) electrons. The van der Waals surface area contributed by atoms with Gasteiger partial charge in [-0.2, -0.15) is 0 Å². The van der Waals surface area contributed by atoms with Crippen LogP contribution in [0.1, 0.15) is 25.0 Å². The number of imide groups is 1. The molecule has 1 atom stereocenters. The summed E-state index contributed by atoms with van der Waals surface area (Å²) in [7, 11) is 0. The predicted molar refractivity (Wildman–Crippen MR) is 117 cm³/mol. The molecule has 8 nitrogen and oxygen atoms in total. The second kappa shape index (κ2) is 7.86. The van der Waals surface area contributed by atoms with Gasteiger partial charge in [0, 0.05) is 30.5 Å². The fraction of sp³-hybridized carbons (Fsp3) is 0.304. The molecule has 31 heavy (non-hydrogen) atoms. The number of nitrogens with zero attached hydrogens (tertiary/aromatic N) is 3. The van der Waals surface area contributed by atoms with Crippen LogP contribution in [0.25, 0.3) is 0 Å². The van der Waals surface area contributed by atoms with Crippen LogP contribution in [0.4, 0.5) is 21.9 Å². The van der Waals surface area contributed by atoms with Gasteiger partial charge in [0.15, 0.2) is 0 Å². The number of carbonyl (C=O) groups is 4. The molecule has 0 bridgehead atoms. The molecule has 8 heteroatoms. The van der Waals surface area contributed by atoms with E-state index in [1.165, 1.54) is 11.8 Å². The molecule has 0 aliphatic carbocycles. The van der Waals surface area contributed by atoms with Crippen LogP contribution in [-0.2, 0) is 20.8 Å². The van der Waals surface area contributed by atoms with Gasteiger partial charge in [-0.1, -0.05) is 17.7 Å². The lowest BCUT2D eigenvalue weighted by atomic mass is 10.1. The number of rotatable bonds is 4. The van der Waals surface area contributed by atoms with Gasteiger partial charge in [0.2, 0.25) is 11.8 Å². The minimum absolute atomic E-state index is 0.0196. The number of amides is 5. The summed E-state index contributed by atoms with van der Waals surface area (Å²) < 4.78 is 0. The van der Waals surface area contributed by atoms with E-state index in [2.05, 4.69) is 5.32 Å². The maximum Gasteiger partial charge on any atom is 0.332 e. The second-order valence-corrected chi connectivity index (χ2v) is 7.90. The molecule has 2 aliphatic heterocycles. The number of aryl methyl sites for hydroxylation is 1. The minimum atomic E-state index is -0.680. The molecular weight excluding hydrogens is 396 g/mol. The lowest BCUT2D eigenvalue weighted by Gasteiger charge is -2.19. The molecule has 0 aromatic heterocycles. The molecule has 2 aromatic carbocycles. The predicted octanol–water partition coefficient (Wildman–Crippen LogP) is 2.70. The average molecular weight is 420 g/mol. The first kappa shape index (κ1) is 20.6. The summed E-state index contributed by atoms with van der Waals surface area (Å²) in [5.74, 6) is -0.887. The second-order valence-electron chi connectivity index (χ2n) is 7.90. The zero-order valence-electron chi connectivity index (χ0n) is 17.7. The van der Waals surface area contributed by atoms with E-state index in [9.17, 15) is 19.2 Å². The molecule has 1 fully saturated rings. The van der Waals surface area contributed by atoms with Crippen LogP contribution < -0.4 is 15.1 Å². The average Bonchev–Trinajstić information content (AvgIpc) is 3.24. The fourth-order valence-corrected chi connectivity index (χ4v) is 4.06. The summed E-state index contributed by atoms with van der Waals surface area (Å²) in [6, 6.07) is 11.5. The Kier molecular flexibility index (Phi) is 5.22. The summed E-state index contributed by atoms with van der Waals surface area (Å²) in [6.07, 6.45) is 0.713. The first-order valence-corrected chi connectivity index (χ1v) is 10.2. The number of fused-ring (bicyclic) bond motifs is 1. The van der Waals surface area contributed by atoms with Gasteiger partial charge in [0.05, 0.1) is 0 Å². The van der Waals surface area contributed by atoms with Crippen molar-refractivity contribution in [2.75, 3.05) is 28.2 Å². The molecule has 0 unspecified atom stereocenters. The van der Waals surface area contributed by atoms with Crippen molar-refractivity contribution in [3.63, 3.8) is 0 Å². The Morgan fingerprint density at radius 3 is 2.48 bits per heavy atom. The van der Waals surface area contributed by atoms with Crippen LogP contribution in [0.3, 0.4) is 0 Å². The topological polar surface area (TPSA) is 90.0 Å². The Morgan fingerprint density at radius 2 is 1.81 bits per heavy atom. The zero-order valence-corrected chi connectivity index (χ0v) is 17.7. The summed E-state index contributed by atoms with van der Waals surface area (Å²) >= 11 is 0. The van der Waals surface area contributed by atoms with E-state index in [0.29, 0.717) is 24.3 Å². The van der Waals surface area contributed by atoms with Crippen molar-refractivity contribution in [3.8, 4) is 0 Å². The van der Waals surface area contributed by atoms with E-state index in [1.807, 2.05) is 25.1 Å². The fourth-order valence-electron chi connectivity index (χ4n) is 4.06. The number of hydrogen-bond donors (Lipinski definition) is 1. The number of hydrogen-bond acceptors (Lipinski definition) is 4. The van der Waals surface area contributed by atoms with Gasteiger partial charge >= 0.3 is 6.03 Å². The highest BCUT2D eigenvalue weighted by molar-refractivity contribution is 6.16. The van der Waals surface area contributed by atoms with Crippen molar-refractivity contribution in [1.82, 2.24) is 4.90 Å². The summed E-state index contributed by atoms with van der Waals surface area (Å²) in [5, 5.41) is 2.75. The molecule has 4 rings (SSSR count). The maximum absolute atomic E-state index is 12.9. The molecule has 2 aliphatic rings. The van der Waals surface area contributed by atoms with Crippen molar-refractivity contribution >= 4 is 40.8 Å². The van der Waals surface area contributed by atoms with Crippen LogP contribution in [0.15, 0.2) is 42.5 Å². The van der Waals surface area contributed by atoms with Gasteiger partial charge in [0.25, 0.3) is 5.91 Å². The van der Waals surface area contributed by atoms with E-state index in [-0.39, 0.29) is 12.5 Å². The van der Waals surface area contributed by atoms with E-state index in [0.717, 1.165) is 21.7 Å². The molecule has 0 spiro atoms. The SMILES string of the molecule is CC(=O)N1CCc2cc(NC(=O)CN3C(=O)[C@H](C)N(c4ccc(C)cc4)C3=O)ccc21. The van der Waals surface area contributed by atoms with E-state index in [1.54, 1.807) is 36.1 Å². The molecule has 0 saturated carbocycles. The highest BCUT2D eigenvalue weighted by Gasteiger charge is 2.44. The van der Waals surface area contributed by atoms with Gasteiger partial charge in [-0.25, -0.2) is 4.79 Å². The van der Waals surface area contributed by atoms with Crippen LogP contribution in [-0.4, -0.2) is 47.8 Å². The zero-order chi connectivity index (χ0) is 22.3. The summed E-state index contributed by atoms with van der Waals surface area (Å²) in [6.45, 7) is 5.37. The maximum atomic E-state index is 12.9. The first-order valence-electron chi connectivity index (χ1n) is 10.2. The molecule has 2 aromatic rings.